The molecule has 29 heavy (non-hydrogen) atoms. The van der Waals surface area contributed by atoms with Crippen LogP contribution in [0.2, 0.25) is 0 Å². The van der Waals surface area contributed by atoms with Crippen molar-refractivity contribution in [3.8, 4) is 11.5 Å². The third-order valence-corrected chi connectivity index (χ3v) is 4.33. The van der Waals surface area contributed by atoms with Crippen LogP contribution in [0.3, 0.4) is 0 Å². The molecule has 0 saturated carbocycles. The molecule has 7 nitrogen and oxygen atoms in total. The van der Waals surface area contributed by atoms with Crippen molar-refractivity contribution in [2.75, 3.05) is 18.5 Å². The first-order valence-corrected chi connectivity index (χ1v) is 9.28. The minimum Gasteiger partial charge on any atom is -0.490 e. The lowest BCUT2D eigenvalue weighted by Gasteiger charge is -2.10. The van der Waals surface area contributed by atoms with E-state index in [4.69, 9.17) is 15.2 Å². The van der Waals surface area contributed by atoms with Gasteiger partial charge in [0.25, 0.3) is 0 Å². The van der Waals surface area contributed by atoms with E-state index in [9.17, 15) is 0 Å². The Morgan fingerprint density at radius 2 is 1.86 bits per heavy atom. The molecule has 1 aromatic heterocycles. The van der Waals surface area contributed by atoms with E-state index in [0.29, 0.717) is 25.7 Å². The van der Waals surface area contributed by atoms with Gasteiger partial charge < -0.3 is 20.5 Å². The van der Waals surface area contributed by atoms with Crippen LogP contribution in [-0.4, -0.2) is 29.0 Å². The second kappa shape index (κ2) is 10.1. The van der Waals surface area contributed by atoms with Crippen LogP contribution in [-0.2, 0) is 13.1 Å². The van der Waals surface area contributed by atoms with Crippen molar-refractivity contribution < 1.29 is 9.47 Å². The van der Waals surface area contributed by atoms with E-state index in [2.05, 4.69) is 27.5 Å². The Morgan fingerprint density at radius 1 is 1.07 bits per heavy atom. The summed E-state index contributed by atoms with van der Waals surface area (Å²) in [5.74, 6) is 1.81. The maximum absolute atomic E-state index is 6.03. The number of fused-ring (bicyclic) bond motifs is 1. The molecular weight excluding hydrogens is 481 g/mol. The Labute approximate surface area is 186 Å². The molecule has 3 aromatic rings. The van der Waals surface area contributed by atoms with Crippen LogP contribution in [0, 0.1) is 0 Å². The first-order valence-electron chi connectivity index (χ1n) is 9.28. The zero-order valence-corrected chi connectivity index (χ0v) is 18.3. The highest BCUT2D eigenvalue weighted by Gasteiger charge is 2.11. The fraction of sp³-hybridized carbons (Fsp3) is 0.238. The number of nitrogens with two attached hydrogens (primary N) is 1. The molecule has 2 aromatic carbocycles. The average Bonchev–Trinajstić information content (AvgIpc) is 3.02. The van der Waals surface area contributed by atoms with E-state index in [1.54, 1.807) is 0 Å². The molecule has 8 heteroatoms. The Bertz CT molecular complexity index is 959. The topological polar surface area (TPSA) is 86.7 Å². The summed E-state index contributed by atoms with van der Waals surface area (Å²) in [6.07, 6.45) is 4.67. The Kier molecular flexibility index (Phi) is 7.34. The van der Waals surface area contributed by atoms with Gasteiger partial charge in [0.05, 0.1) is 32.5 Å². The maximum atomic E-state index is 6.03. The third-order valence-electron chi connectivity index (χ3n) is 4.33. The number of nitrogens with zero attached hydrogens (tertiary/aromatic N) is 3. The minimum absolute atomic E-state index is 0. The first-order chi connectivity index (χ1) is 13.8. The zero-order chi connectivity index (χ0) is 19.2. The standard InChI is InChI=1S/C21H23N5O2.HI/c22-21(25-18-7-8-19-20(11-18)28-10-4-9-27-19)23-12-17-13-24-26(15-17)14-16-5-2-1-3-6-16;/h1-3,5-8,11,13,15H,4,9-10,12,14H2,(H3,22,23,25);1H. The number of hydrogen-bond acceptors (Lipinski definition) is 4. The van der Waals surface area contributed by atoms with E-state index < -0.39 is 0 Å². The van der Waals surface area contributed by atoms with Gasteiger partial charge >= 0.3 is 0 Å². The van der Waals surface area contributed by atoms with Crippen molar-refractivity contribution in [1.29, 1.82) is 0 Å². The number of halogens is 1. The molecule has 4 rings (SSSR count). The predicted molar refractivity (Wildman–Crippen MR) is 124 cm³/mol. The second-order valence-corrected chi connectivity index (χ2v) is 6.57. The average molecular weight is 505 g/mol. The number of aromatic nitrogens is 2. The summed E-state index contributed by atoms with van der Waals surface area (Å²) < 4.78 is 13.2. The maximum Gasteiger partial charge on any atom is 0.193 e. The summed E-state index contributed by atoms with van der Waals surface area (Å²) in [6, 6.07) is 15.9. The molecule has 1 aliphatic rings. The SMILES string of the molecule is I.NC(=NCc1cnn(Cc2ccccc2)c1)Nc1ccc2c(c1)OCCCO2. The molecule has 0 spiro atoms. The zero-order valence-electron chi connectivity index (χ0n) is 16.0. The molecule has 0 amide bonds. The highest BCUT2D eigenvalue weighted by Crippen LogP contribution is 2.32. The highest BCUT2D eigenvalue weighted by atomic mass is 127. The van der Waals surface area contributed by atoms with Gasteiger partial charge in [0.15, 0.2) is 17.5 Å². The number of aliphatic imine (C=N–C) groups is 1. The first kappa shape index (κ1) is 21.0. The van der Waals surface area contributed by atoms with E-state index >= 15 is 0 Å². The molecule has 0 atom stereocenters. The van der Waals surface area contributed by atoms with Gasteiger partial charge in [-0.3, -0.25) is 4.68 Å². The van der Waals surface area contributed by atoms with Crippen molar-refractivity contribution >= 4 is 35.6 Å². The van der Waals surface area contributed by atoms with E-state index in [-0.39, 0.29) is 24.0 Å². The molecule has 152 valence electrons. The molecule has 3 N–H and O–H groups in total. The van der Waals surface area contributed by atoms with Gasteiger partial charge in [-0.05, 0) is 17.7 Å². The van der Waals surface area contributed by atoms with Crippen LogP contribution in [0.5, 0.6) is 11.5 Å². The summed E-state index contributed by atoms with van der Waals surface area (Å²) in [5, 5.41) is 7.48. The van der Waals surface area contributed by atoms with Crippen molar-refractivity contribution in [3.63, 3.8) is 0 Å². The molecule has 0 fully saturated rings. The lowest BCUT2D eigenvalue weighted by molar-refractivity contribution is 0.297. The van der Waals surface area contributed by atoms with E-state index in [1.165, 1.54) is 5.56 Å². The Balaban J connectivity index is 0.00000240. The number of guanidine groups is 1. The third kappa shape index (κ3) is 5.86. The summed E-state index contributed by atoms with van der Waals surface area (Å²) in [6.45, 7) is 2.50. The monoisotopic (exact) mass is 505 g/mol. The Hall–Kier alpha value is -2.75. The predicted octanol–water partition coefficient (Wildman–Crippen LogP) is 3.64. The van der Waals surface area contributed by atoms with Crippen LogP contribution in [0.1, 0.15) is 17.5 Å². The second-order valence-electron chi connectivity index (χ2n) is 6.57. The number of nitrogens with one attached hydrogen (secondary N) is 1. The number of anilines is 1. The molecule has 0 saturated heterocycles. The molecule has 0 aliphatic carbocycles. The number of ether oxygens (including phenoxy) is 2. The molecular formula is C21H24IN5O2. The van der Waals surface area contributed by atoms with Crippen LogP contribution in [0.15, 0.2) is 65.9 Å². The van der Waals surface area contributed by atoms with E-state index in [0.717, 1.165) is 35.7 Å². The van der Waals surface area contributed by atoms with Crippen molar-refractivity contribution in [2.45, 2.75) is 19.5 Å². The smallest absolute Gasteiger partial charge is 0.193 e. The number of rotatable bonds is 5. The summed E-state index contributed by atoms with van der Waals surface area (Å²) in [5.41, 5.74) is 9.05. The van der Waals surface area contributed by atoms with Crippen molar-refractivity contribution in [1.82, 2.24) is 9.78 Å². The van der Waals surface area contributed by atoms with Crippen LogP contribution in [0.4, 0.5) is 5.69 Å². The van der Waals surface area contributed by atoms with Crippen molar-refractivity contribution in [3.05, 3.63) is 72.1 Å². The van der Waals surface area contributed by atoms with Gasteiger partial charge in [-0.25, -0.2) is 4.99 Å². The van der Waals surface area contributed by atoms with Gasteiger partial charge in [-0.1, -0.05) is 30.3 Å². The summed E-state index contributed by atoms with van der Waals surface area (Å²) in [7, 11) is 0. The Morgan fingerprint density at radius 3 is 2.69 bits per heavy atom. The fourth-order valence-electron chi connectivity index (χ4n) is 2.95. The lowest BCUT2D eigenvalue weighted by Crippen LogP contribution is -2.22. The fourth-order valence-corrected chi connectivity index (χ4v) is 2.95. The van der Waals surface area contributed by atoms with Gasteiger partial charge in [0.1, 0.15) is 0 Å². The summed E-state index contributed by atoms with van der Waals surface area (Å²) >= 11 is 0. The van der Waals surface area contributed by atoms with Gasteiger partial charge in [0, 0.05) is 29.9 Å². The van der Waals surface area contributed by atoms with Crippen LogP contribution < -0.4 is 20.5 Å². The largest absolute Gasteiger partial charge is 0.490 e. The quantitative estimate of drug-likeness (QED) is 0.314. The van der Waals surface area contributed by atoms with Gasteiger partial charge in [-0.2, -0.15) is 5.10 Å². The van der Waals surface area contributed by atoms with Crippen molar-refractivity contribution in [2.24, 2.45) is 10.7 Å². The molecule has 2 heterocycles. The number of hydrogen-bond donors (Lipinski definition) is 2. The minimum atomic E-state index is 0. The van der Waals surface area contributed by atoms with E-state index in [1.807, 2.05) is 53.5 Å². The summed E-state index contributed by atoms with van der Waals surface area (Å²) in [4.78, 5) is 4.40. The molecule has 0 bridgehead atoms. The van der Waals surface area contributed by atoms with Crippen LogP contribution in [0.25, 0.3) is 0 Å². The normalized spacial score (nSPS) is 13.3. The molecule has 0 unspecified atom stereocenters. The molecule has 0 radical (unpaired) electrons. The van der Waals surface area contributed by atoms with Crippen LogP contribution >= 0.6 is 24.0 Å². The molecule has 1 aliphatic heterocycles. The number of benzene rings is 2. The van der Waals surface area contributed by atoms with Gasteiger partial charge in [0.2, 0.25) is 0 Å². The lowest BCUT2D eigenvalue weighted by atomic mass is 10.2. The van der Waals surface area contributed by atoms with Gasteiger partial charge in [-0.15, -0.1) is 24.0 Å². The highest BCUT2D eigenvalue weighted by molar-refractivity contribution is 14.0.